The molecule has 40 heavy (non-hydrogen) atoms. The molecule has 0 aliphatic carbocycles. The van der Waals surface area contributed by atoms with Gasteiger partial charge in [-0.25, -0.2) is 8.42 Å². The summed E-state index contributed by atoms with van der Waals surface area (Å²) >= 11 is 3.36. The summed E-state index contributed by atoms with van der Waals surface area (Å²) < 4.78 is 34.8. The Morgan fingerprint density at radius 1 is 0.925 bits per heavy atom. The van der Waals surface area contributed by atoms with Gasteiger partial charge < -0.3 is 15.0 Å². The van der Waals surface area contributed by atoms with Crippen LogP contribution < -0.4 is 14.4 Å². The van der Waals surface area contributed by atoms with Gasteiger partial charge in [0.25, 0.3) is 10.0 Å². The maximum Gasteiger partial charge on any atom is 0.264 e. The summed E-state index contributed by atoms with van der Waals surface area (Å²) in [6, 6.07) is 18.0. The van der Waals surface area contributed by atoms with E-state index >= 15 is 0 Å². The van der Waals surface area contributed by atoms with Crippen LogP contribution in [0.25, 0.3) is 0 Å². The fourth-order valence-corrected chi connectivity index (χ4v) is 6.19. The van der Waals surface area contributed by atoms with Crippen molar-refractivity contribution in [3.05, 3.63) is 87.9 Å². The molecule has 0 saturated heterocycles. The number of hydrogen-bond donors (Lipinski definition) is 1. The number of carbonyl (C=O) groups is 2. The number of hydrogen-bond acceptors (Lipinski definition) is 5. The van der Waals surface area contributed by atoms with Gasteiger partial charge in [-0.2, -0.15) is 0 Å². The fraction of sp³-hybridized carbons (Fsp3) is 0.333. The number of amides is 2. The minimum absolute atomic E-state index is 0.00997. The number of ether oxygens (including phenoxy) is 1. The number of methoxy groups -OCH3 is 1. The number of nitrogens with one attached hydrogen (secondary N) is 1. The molecule has 0 saturated carbocycles. The maximum absolute atomic E-state index is 14.0. The standard InChI is InChI=1S/C30H36BrN3O5S/c1-20(2)32-30(36)23(5)33(18-24-11-7-21(3)8-12-24)29(35)19-34(25-13-9-22(4)10-14-25)40(37,38)26-15-16-28(39-6)27(31)17-26/h7-17,20,23H,18-19H2,1-6H3,(H,32,36). The molecule has 8 nitrogen and oxygen atoms in total. The highest BCUT2D eigenvalue weighted by Gasteiger charge is 2.33. The van der Waals surface area contributed by atoms with Crippen LogP contribution in [0.5, 0.6) is 5.75 Å². The van der Waals surface area contributed by atoms with E-state index < -0.39 is 28.5 Å². The first kappa shape index (κ1) is 31.2. The zero-order chi connectivity index (χ0) is 29.6. The zero-order valence-electron chi connectivity index (χ0n) is 23.6. The molecule has 0 radical (unpaired) electrons. The molecule has 0 aromatic heterocycles. The van der Waals surface area contributed by atoms with Crippen LogP contribution in [0.15, 0.2) is 76.1 Å². The monoisotopic (exact) mass is 629 g/mol. The van der Waals surface area contributed by atoms with Gasteiger partial charge in [-0.3, -0.25) is 13.9 Å². The number of halogens is 1. The average molecular weight is 631 g/mol. The highest BCUT2D eigenvalue weighted by molar-refractivity contribution is 9.10. The molecule has 1 N–H and O–H groups in total. The van der Waals surface area contributed by atoms with Gasteiger partial charge in [0, 0.05) is 12.6 Å². The molecule has 1 unspecified atom stereocenters. The largest absolute Gasteiger partial charge is 0.496 e. The van der Waals surface area contributed by atoms with E-state index in [0.717, 1.165) is 21.0 Å². The Kier molecular flexibility index (Phi) is 10.4. The lowest BCUT2D eigenvalue weighted by molar-refractivity contribution is -0.139. The van der Waals surface area contributed by atoms with Crippen LogP contribution in [0, 0.1) is 13.8 Å². The first-order valence-electron chi connectivity index (χ1n) is 12.9. The van der Waals surface area contributed by atoms with Gasteiger partial charge in [-0.1, -0.05) is 47.5 Å². The van der Waals surface area contributed by atoms with Crippen LogP contribution in [0.4, 0.5) is 5.69 Å². The van der Waals surface area contributed by atoms with Crippen LogP contribution in [-0.2, 0) is 26.2 Å². The maximum atomic E-state index is 14.0. The van der Waals surface area contributed by atoms with Crippen LogP contribution in [-0.4, -0.2) is 50.9 Å². The lowest BCUT2D eigenvalue weighted by Gasteiger charge is -2.32. The Balaban J connectivity index is 2.04. The minimum atomic E-state index is -4.19. The van der Waals surface area contributed by atoms with Crippen molar-refractivity contribution in [3.8, 4) is 5.75 Å². The molecule has 3 aromatic carbocycles. The summed E-state index contributed by atoms with van der Waals surface area (Å²) in [7, 11) is -2.70. The number of sulfonamides is 1. The van der Waals surface area contributed by atoms with Crippen molar-refractivity contribution >= 4 is 43.5 Å². The molecular weight excluding hydrogens is 594 g/mol. The molecular formula is C30H36BrN3O5S. The molecule has 10 heteroatoms. The van der Waals surface area contributed by atoms with E-state index in [2.05, 4.69) is 21.2 Å². The Morgan fingerprint density at radius 2 is 1.50 bits per heavy atom. The van der Waals surface area contributed by atoms with Crippen molar-refractivity contribution in [2.45, 2.75) is 58.1 Å². The number of benzene rings is 3. The van der Waals surface area contributed by atoms with Crippen LogP contribution >= 0.6 is 15.9 Å². The molecule has 0 bridgehead atoms. The van der Waals surface area contributed by atoms with Gasteiger partial charge in [-0.05, 0) is 86.4 Å². The summed E-state index contributed by atoms with van der Waals surface area (Å²) in [6.45, 7) is 8.84. The highest BCUT2D eigenvalue weighted by Crippen LogP contribution is 2.31. The smallest absolute Gasteiger partial charge is 0.264 e. The van der Waals surface area contributed by atoms with Gasteiger partial charge in [0.1, 0.15) is 18.3 Å². The molecule has 3 rings (SSSR count). The Bertz CT molecular complexity index is 1440. The van der Waals surface area contributed by atoms with Gasteiger partial charge in [0.15, 0.2) is 0 Å². The normalized spacial score (nSPS) is 12.1. The highest BCUT2D eigenvalue weighted by atomic mass is 79.9. The molecule has 0 fully saturated rings. The average Bonchev–Trinajstić information content (AvgIpc) is 2.91. The van der Waals surface area contributed by atoms with Crippen molar-refractivity contribution in [1.29, 1.82) is 0 Å². The minimum Gasteiger partial charge on any atom is -0.496 e. The van der Waals surface area contributed by atoms with E-state index in [1.807, 2.05) is 52.0 Å². The summed E-state index contributed by atoms with van der Waals surface area (Å²) in [6.07, 6.45) is 0. The van der Waals surface area contributed by atoms with Gasteiger partial charge in [0.05, 0.1) is 22.2 Å². The molecule has 0 heterocycles. The van der Waals surface area contributed by atoms with Crippen molar-refractivity contribution < 1.29 is 22.7 Å². The van der Waals surface area contributed by atoms with Crippen molar-refractivity contribution in [1.82, 2.24) is 10.2 Å². The third-order valence-electron chi connectivity index (χ3n) is 6.38. The lowest BCUT2D eigenvalue weighted by atomic mass is 10.1. The molecule has 3 aromatic rings. The molecule has 0 aliphatic rings. The number of rotatable bonds is 11. The first-order chi connectivity index (χ1) is 18.8. The van der Waals surface area contributed by atoms with Gasteiger partial charge >= 0.3 is 0 Å². The van der Waals surface area contributed by atoms with Crippen molar-refractivity contribution in [2.75, 3.05) is 18.0 Å². The van der Waals surface area contributed by atoms with E-state index in [9.17, 15) is 18.0 Å². The fourth-order valence-electron chi connectivity index (χ4n) is 4.05. The first-order valence-corrected chi connectivity index (χ1v) is 15.1. The summed E-state index contributed by atoms with van der Waals surface area (Å²) in [5, 5.41) is 2.86. The molecule has 214 valence electrons. The summed E-state index contributed by atoms with van der Waals surface area (Å²) in [5.74, 6) is -0.353. The topological polar surface area (TPSA) is 96.0 Å². The van der Waals surface area contributed by atoms with E-state index in [1.54, 1.807) is 37.3 Å². The predicted octanol–water partition coefficient (Wildman–Crippen LogP) is 5.21. The molecule has 1 atom stereocenters. The lowest BCUT2D eigenvalue weighted by Crippen LogP contribution is -2.52. The quantitative estimate of drug-likeness (QED) is 0.314. The number of nitrogens with zero attached hydrogens (tertiary/aromatic N) is 2. The predicted molar refractivity (Wildman–Crippen MR) is 161 cm³/mol. The number of carbonyl (C=O) groups excluding carboxylic acids is 2. The molecule has 0 aliphatic heterocycles. The Morgan fingerprint density at radius 3 is 2.02 bits per heavy atom. The van der Waals surface area contributed by atoms with Gasteiger partial charge in [-0.15, -0.1) is 0 Å². The number of aryl methyl sites for hydroxylation is 2. The van der Waals surface area contributed by atoms with E-state index in [-0.39, 0.29) is 23.4 Å². The number of anilines is 1. The van der Waals surface area contributed by atoms with Crippen molar-refractivity contribution in [3.63, 3.8) is 0 Å². The van der Waals surface area contributed by atoms with Gasteiger partial charge in [0.2, 0.25) is 11.8 Å². The van der Waals surface area contributed by atoms with E-state index in [0.29, 0.717) is 15.9 Å². The van der Waals surface area contributed by atoms with Crippen LogP contribution in [0.1, 0.15) is 37.5 Å². The summed E-state index contributed by atoms with van der Waals surface area (Å²) in [4.78, 5) is 28.4. The molecule has 0 spiro atoms. The SMILES string of the molecule is COc1ccc(S(=O)(=O)N(CC(=O)N(Cc2ccc(C)cc2)C(C)C(=O)NC(C)C)c2ccc(C)cc2)cc1Br. The second kappa shape index (κ2) is 13.3. The zero-order valence-corrected chi connectivity index (χ0v) is 26.0. The van der Waals surface area contributed by atoms with Crippen molar-refractivity contribution in [2.24, 2.45) is 0 Å². The van der Waals surface area contributed by atoms with E-state index in [1.165, 1.54) is 24.1 Å². The second-order valence-corrected chi connectivity index (χ2v) is 12.7. The Labute approximate surface area is 245 Å². The van der Waals surface area contributed by atoms with E-state index in [4.69, 9.17) is 4.74 Å². The Hall–Kier alpha value is -3.37. The third-order valence-corrected chi connectivity index (χ3v) is 8.77. The molecule has 2 amide bonds. The third kappa shape index (κ3) is 7.63. The van der Waals surface area contributed by atoms with Crippen LogP contribution in [0.2, 0.25) is 0 Å². The summed E-state index contributed by atoms with van der Waals surface area (Å²) in [5.41, 5.74) is 3.17. The van der Waals surface area contributed by atoms with Crippen LogP contribution in [0.3, 0.4) is 0 Å². The second-order valence-electron chi connectivity index (χ2n) is 9.99.